The number of rotatable bonds is 4. The van der Waals surface area contributed by atoms with Gasteiger partial charge in [-0.05, 0) is 29.1 Å². The van der Waals surface area contributed by atoms with Gasteiger partial charge in [-0.25, -0.2) is 0 Å². The minimum atomic E-state index is -4.35. The van der Waals surface area contributed by atoms with Gasteiger partial charge in [0, 0.05) is 22.9 Å². The van der Waals surface area contributed by atoms with Gasteiger partial charge in [-0.3, -0.25) is 0 Å². The summed E-state index contributed by atoms with van der Waals surface area (Å²) >= 11 is 4.73. The van der Waals surface area contributed by atoms with Crippen LogP contribution in [0, 0.1) is 0 Å². The summed E-state index contributed by atoms with van der Waals surface area (Å²) in [6, 6.07) is 8.26. The van der Waals surface area contributed by atoms with E-state index in [-0.39, 0.29) is 5.69 Å². The first-order chi connectivity index (χ1) is 9.41. The van der Waals surface area contributed by atoms with Gasteiger partial charge in [-0.15, -0.1) is 11.3 Å². The van der Waals surface area contributed by atoms with Gasteiger partial charge in [0.05, 0.1) is 12.1 Å². The van der Waals surface area contributed by atoms with Crippen molar-refractivity contribution in [3.05, 3.63) is 51.7 Å². The largest absolute Gasteiger partial charge is 0.418 e. The van der Waals surface area contributed by atoms with Crippen molar-refractivity contribution in [1.29, 1.82) is 0 Å². The molecule has 0 saturated heterocycles. The minimum Gasteiger partial charge on any atom is -0.369 e. The Hall–Kier alpha value is -1.01. The molecule has 1 heterocycles. The van der Waals surface area contributed by atoms with Gasteiger partial charge >= 0.3 is 6.18 Å². The normalized spacial score (nSPS) is 11.7. The molecule has 0 fully saturated rings. The Balaban J connectivity index is 2.34. The Morgan fingerprint density at radius 1 is 1.25 bits per heavy atom. The topological polar surface area (TPSA) is 3.24 Å². The number of nitrogens with zero attached hydrogens (tertiary/aromatic N) is 1. The summed E-state index contributed by atoms with van der Waals surface area (Å²) in [4.78, 5) is 2.66. The van der Waals surface area contributed by atoms with Gasteiger partial charge in [0.2, 0.25) is 0 Å². The zero-order valence-electron chi connectivity index (χ0n) is 10.7. The van der Waals surface area contributed by atoms with Gasteiger partial charge in [0.1, 0.15) is 0 Å². The SMILES string of the molecule is CN(Cc1cccs1)c1ccc(CBr)cc1C(F)(F)F. The first kappa shape index (κ1) is 15.4. The molecule has 0 saturated carbocycles. The molecular formula is C14H13BrF3NS. The molecule has 0 aliphatic rings. The molecule has 0 aliphatic heterocycles. The number of alkyl halides is 4. The number of halogens is 4. The van der Waals surface area contributed by atoms with Crippen LogP contribution < -0.4 is 4.90 Å². The summed E-state index contributed by atoms with van der Waals surface area (Å²) in [5, 5.41) is 2.33. The highest BCUT2D eigenvalue weighted by Gasteiger charge is 2.34. The van der Waals surface area contributed by atoms with E-state index in [2.05, 4.69) is 15.9 Å². The van der Waals surface area contributed by atoms with Crippen molar-refractivity contribution >= 4 is 33.0 Å². The van der Waals surface area contributed by atoms with Crippen LogP contribution in [0.2, 0.25) is 0 Å². The lowest BCUT2D eigenvalue weighted by molar-refractivity contribution is -0.137. The zero-order chi connectivity index (χ0) is 14.8. The van der Waals surface area contributed by atoms with Crippen LogP contribution in [-0.4, -0.2) is 7.05 Å². The van der Waals surface area contributed by atoms with E-state index in [0.29, 0.717) is 17.4 Å². The van der Waals surface area contributed by atoms with Crippen molar-refractivity contribution in [2.75, 3.05) is 11.9 Å². The lowest BCUT2D eigenvalue weighted by Crippen LogP contribution is -2.20. The van der Waals surface area contributed by atoms with Crippen molar-refractivity contribution < 1.29 is 13.2 Å². The third-order valence-corrected chi connectivity index (χ3v) is 4.41. The second-order valence-electron chi connectivity index (χ2n) is 4.42. The van der Waals surface area contributed by atoms with Crippen LogP contribution in [0.1, 0.15) is 16.0 Å². The average molecular weight is 364 g/mol. The van der Waals surface area contributed by atoms with E-state index in [4.69, 9.17) is 0 Å². The highest BCUT2D eigenvalue weighted by molar-refractivity contribution is 9.08. The zero-order valence-corrected chi connectivity index (χ0v) is 13.1. The molecule has 0 spiro atoms. The summed E-state index contributed by atoms with van der Waals surface area (Å²) < 4.78 is 39.5. The fraction of sp³-hybridized carbons (Fsp3) is 0.286. The molecule has 0 N–H and O–H groups in total. The molecule has 0 unspecified atom stereocenters. The molecule has 2 rings (SSSR count). The van der Waals surface area contributed by atoms with Crippen molar-refractivity contribution in [1.82, 2.24) is 0 Å². The number of anilines is 1. The number of thiophene rings is 1. The lowest BCUT2D eigenvalue weighted by atomic mass is 10.1. The van der Waals surface area contributed by atoms with Crippen LogP contribution in [0.5, 0.6) is 0 Å². The Bertz CT molecular complexity index is 566. The summed E-state index contributed by atoms with van der Waals surface area (Å²) in [5.41, 5.74) is 0.231. The van der Waals surface area contributed by atoms with Crippen LogP contribution in [0.3, 0.4) is 0 Å². The van der Waals surface area contributed by atoms with Gasteiger partial charge < -0.3 is 4.90 Å². The van der Waals surface area contributed by atoms with Crippen LogP contribution in [-0.2, 0) is 18.1 Å². The molecule has 0 bridgehead atoms. The summed E-state index contributed by atoms with van der Waals surface area (Å²) in [5.74, 6) is 0. The first-order valence-corrected chi connectivity index (χ1v) is 7.91. The quantitative estimate of drug-likeness (QED) is 0.666. The van der Waals surface area contributed by atoms with Crippen LogP contribution in [0.4, 0.5) is 18.9 Å². The highest BCUT2D eigenvalue weighted by Crippen LogP contribution is 2.37. The maximum Gasteiger partial charge on any atom is 0.418 e. The molecule has 0 amide bonds. The predicted octanol–water partition coefficient (Wildman–Crippen LogP) is 5.30. The van der Waals surface area contributed by atoms with Crippen molar-refractivity contribution in [2.24, 2.45) is 0 Å². The fourth-order valence-corrected chi connectivity index (χ4v) is 3.05. The predicted molar refractivity (Wildman–Crippen MR) is 80.5 cm³/mol. The lowest BCUT2D eigenvalue weighted by Gasteiger charge is -2.23. The molecule has 6 heteroatoms. The monoisotopic (exact) mass is 363 g/mol. The van der Waals surface area contributed by atoms with E-state index in [0.717, 1.165) is 4.88 Å². The van der Waals surface area contributed by atoms with Crippen molar-refractivity contribution in [2.45, 2.75) is 18.1 Å². The minimum absolute atomic E-state index is 0.204. The summed E-state index contributed by atoms with van der Waals surface area (Å²) in [6.45, 7) is 0.467. The van der Waals surface area contributed by atoms with E-state index in [1.807, 2.05) is 17.5 Å². The maximum atomic E-state index is 13.2. The molecule has 1 nitrogen and oxygen atoms in total. The maximum absolute atomic E-state index is 13.2. The second-order valence-corrected chi connectivity index (χ2v) is 6.01. The molecule has 1 aromatic heterocycles. The van der Waals surface area contributed by atoms with Crippen molar-refractivity contribution in [3.63, 3.8) is 0 Å². The third kappa shape index (κ3) is 3.55. The Morgan fingerprint density at radius 2 is 2.00 bits per heavy atom. The Kier molecular flexibility index (Phi) is 4.75. The molecule has 20 heavy (non-hydrogen) atoms. The number of hydrogen-bond donors (Lipinski definition) is 0. The standard InChI is InChI=1S/C14H13BrF3NS/c1-19(9-11-3-2-6-20-11)13-5-4-10(8-15)7-12(13)14(16,17)18/h2-7H,8-9H2,1H3. The molecule has 1 aromatic carbocycles. The van der Waals surface area contributed by atoms with E-state index in [1.165, 1.54) is 23.5 Å². The van der Waals surface area contributed by atoms with Crippen LogP contribution >= 0.6 is 27.3 Å². The molecule has 0 aliphatic carbocycles. The smallest absolute Gasteiger partial charge is 0.369 e. The molecule has 0 radical (unpaired) electrons. The molecule has 2 aromatic rings. The highest BCUT2D eigenvalue weighted by atomic mass is 79.9. The van der Waals surface area contributed by atoms with E-state index < -0.39 is 11.7 Å². The first-order valence-electron chi connectivity index (χ1n) is 5.91. The number of benzene rings is 1. The summed E-state index contributed by atoms with van der Waals surface area (Å²) in [7, 11) is 1.68. The third-order valence-electron chi connectivity index (χ3n) is 2.91. The molecular weight excluding hydrogens is 351 g/mol. The fourth-order valence-electron chi connectivity index (χ4n) is 1.95. The Labute approximate surface area is 128 Å². The average Bonchev–Trinajstić information content (AvgIpc) is 2.89. The molecule has 0 atom stereocenters. The van der Waals surface area contributed by atoms with Crippen LogP contribution in [0.15, 0.2) is 35.7 Å². The second kappa shape index (κ2) is 6.18. The Morgan fingerprint density at radius 3 is 2.55 bits per heavy atom. The van der Waals surface area contributed by atoms with Crippen LogP contribution in [0.25, 0.3) is 0 Å². The van der Waals surface area contributed by atoms with Gasteiger partial charge in [-0.2, -0.15) is 13.2 Å². The van der Waals surface area contributed by atoms with E-state index in [1.54, 1.807) is 18.0 Å². The molecule has 108 valence electrons. The number of hydrogen-bond acceptors (Lipinski definition) is 2. The van der Waals surface area contributed by atoms with E-state index in [9.17, 15) is 13.2 Å². The summed E-state index contributed by atoms with van der Waals surface area (Å²) in [6.07, 6.45) is -4.35. The van der Waals surface area contributed by atoms with Gasteiger partial charge in [-0.1, -0.05) is 28.1 Å². The van der Waals surface area contributed by atoms with Gasteiger partial charge in [0.25, 0.3) is 0 Å². The van der Waals surface area contributed by atoms with Crippen molar-refractivity contribution in [3.8, 4) is 0 Å². The van der Waals surface area contributed by atoms with E-state index >= 15 is 0 Å². The van der Waals surface area contributed by atoms with Gasteiger partial charge in [0.15, 0.2) is 0 Å².